The van der Waals surface area contributed by atoms with E-state index >= 15 is 0 Å². The van der Waals surface area contributed by atoms with Gasteiger partial charge >= 0.3 is 6.18 Å². The van der Waals surface area contributed by atoms with Crippen LogP contribution in [0.15, 0.2) is 83.8 Å². The van der Waals surface area contributed by atoms with Crippen LogP contribution in [0.2, 0.25) is 0 Å². The van der Waals surface area contributed by atoms with E-state index in [4.69, 9.17) is 0 Å². The zero-order valence-corrected chi connectivity index (χ0v) is 20.8. The lowest BCUT2D eigenvalue weighted by Gasteiger charge is -2.26. The molecule has 1 aromatic heterocycles. The predicted octanol–water partition coefficient (Wildman–Crippen LogP) is 6.63. The van der Waals surface area contributed by atoms with Gasteiger partial charge in [0.05, 0.1) is 10.5 Å². The Hall–Kier alpha value is -3.43. The van der Waals surface area contributed by atoms with Crippen molar-refractivity contribution in [3.63, 3.8) is 0 Å². The van der Waals surface area contributed by atoms with Crippen molar-refractivity contribution in [1.82, 2.24) is 8.87 Å². The second kappa shape index (κ2) is 9.46. The van der Waals surface area contributed by atoms with E-state index in [-0.39, 0.29) is 23.8 Å². The van der Waals surface area contributed by atoms with Crippen LogP contribution in [0.5, 0.6) is 0 Å². The summed E-state index contributed by atoms with van der Waals surface area (Å²) in [6.07, 6.45) is -2.39. The molecule has 0 spiro atoms. The van der Waals surface area contributed by atoms with Crippen LogP contribution in [0, 0.1) is 12.7 Å². The fourth-order valence-corrected chi connectivity index (χ4v) is 6.36. The lowest BCUT2D eigenvalue weighted by molar-refractivity contribution is -0.137. The number of hydrogen-bond acceptors (Lipinski definition) is 2. The normalized spacial score (nSPS) is 15.2. The SMILES string of the molecule is Cc1c(C2=CCN(S(=O)(=O)c3cccc(C(F)(F)F)c3)CC2)c2ccccc2n1Cc1cccc(F)c1. The topological polar surface area (TPSA) is 42.3 Å². The zero-order valence-electron chi connectivity index (χ0n) is 20.0. The third-order valence-corrected chi connectivity index (χ3v) is 8.61. The van der Waals surface area contributed by atoms with Crippen LogP contribution in [-0.2, 0) is 22.7 Å². The molecule has 0 radical (unpaired) electrons. The number of alkyl halides is 3. The van der Waals surface area contributed by atoms with Crippen molar-refractivity contribution in [3.05, 3.63) is 107 Å². The highest BCUT2D eigenvalue weighted by molar-refractivity contribution is 7.89. The largest absolute Gasteiger partial charge is 0.416 e. The molecule has 4 nitrogen and oxygen atoms in total. The van der Waals surface area contributed by atoms with Gasteiger partial charge < -0.3 is 4.57 Å². The summed E-state index contributed by atoms with van der Waals surface area (Å²) in [4.78, 5) is -0.373. The molecule has 0 N–H and O–H groups in total. The minimum atomic E-state index is -4.63. The molecule has 1 aliphatic heterocycles. The molecule has 0 bridgehead atoms. The fourth-order valence-electron chi connectivity index (χ4n) is 4.94. The summed E-state index contributed by atoms with van der Waals surface area (Å²) in [5, 5.41) is 1.01. The zero-order chi connectivity index (χ0) is 26.4. The molecule has 0 saturated carbocycles. The first kappa shape index (κ1) is 25.2. The Bertz CT molecular complexity index is 1620. The highest BCUT2D eigenvalue weighted by Gasteiger charge is 2.33. The van der Waals surface area contributed by atoms with Crippen LogP contribution in [0.4, 0.5) is 17.6 Å². The van der Waals surface area contributed by atoms with E-state index in [1.165, 1.54) is 22.5 Å². The monoisotopic (exact) mass is 528 g/mol. The standard InChI is InChI=1S/C28H24F4N2O2S/c1-19-27(25-10-2-3-11-26(25)34(19)18-20-6-4-8-23(29)16-20)21-12-14-33(15-13-21)37(35,36)24-9-5-7-22(17-24)28(30,31)32/h2-12,16-17H,13-15,18H2,1H3. The Morgan fingerprint density at radius 2 is 1.70 bits per heavy atom. The number of benzene rings is 3. The molecule has 0 unspecified atom stereocenters. The molecule has 9 heteroatoms. The van der Waals surface area contributed by atoms with Gasteiger partial charge in [0.15, 0.2) is 0 Å². The maximum atomic E-state index is 13.8. The van der Waals surface area contributed by atoms with Crippen molar-refractivity contribution in [2.75, 3.05) is 13.1 Å². The van der Waals surface area contributed by atoms with Crippen LogP contribution in [0.3, 0.4) is 0 Å². The van der Waals surface area contributed by atoms with E-state index in [1.807, 2.05) is 43.3 Å². The van der Waals surface area contributed by atoms with E-state index in [0.29, 0.717) is 19.0 Å². The summed E-state index contributed by atoms with van der Waals surface area (Å²) in [6.45, 7) is 2.67. The van der Waals surface area contributed by atoms with Crippen molar-refractivity contribution in [2.45, 2.75) is 31.0 Å². The van der Waals surface area contributed by atoms with E-state index in [1.54, 1.807) is 6.07 Å². The Kier molecular flexibility index (Phi) is 6.45. The molecule has 3 aromatic carbocycles. The molecular weight excluding hydrogens is 504 g/mol. The molecular formula is C28H24F4N2O2S. The summed E-state index contributed by atoms with van der Waals surface area (Å²) in [5.74, 6) is -0.302. The van der Waals surface area contributed by atoms with Gasteiger partial charge in [0.2, 0.25) is 10.0 Å². The molecule has 0 atom stereocenters. The molecule has 37 heavy (non-hydrogen) atoms. The van der Waals surface area contributed by atoms with Gasteiger partial charge in [-0.3, -0.25) is 0 Å². The number of hydrogen-bond donors (Lipinski definition) is 0. The molecule has 1 aliphatic rings. The molecule has 0 fully saturated rings. The third kappa shape index (κ3) is 4.81. The second-order valence-corrected chi connectivity index (χ2v) is 11.0. The van der Waals surface area contributed by atoms with Crippen molar-refractivity contribution < 1.29 is 26.0 Å². The summed E-state index contributed by atoms with van der Waals surface area (Å²) >= 11 is 0. The Morgan fingerprint density at radius 1 is 0.946 bits per heavy atom. The predicted molar refractivity (Wildman–Crippen MR) is 135 cm³/mol. The average Bonchev–Trinajstić information content (AvgIpc) is 3.15. The molecule has 0 saturated heterocycles. The second-order valence-electron chi connectivity index (χ2n) is 9.06. The number of rotatable bonds is 5. The van der Waals surface area contributed by atoms with Crippen LogP contribution < -0.4 is 0 Å². The number of aromatic nitrogens is 1. The van der Waals surface area contributed by atoms with Gasteiger partial charge in [-0.2, -0.15) is 17.5 Å². The van der Waals surface area contributed by atoms with Crippen LogP contribution in [0.25, 0.3) is 16.5 Å². The average molecular weight is 529 g/mol. The number of para-hydroxylation sites is 1. The minimum absolute atomic E-state index is 0.0523. The minimum Gasteiger partial charge on any atom is -0.340 e. The maximum absolute atomic E-state index is 13.8. The number of halogens is 4. The van der Waals surface area contributed by atoms with Gasteiger partial charge in [-0.1, -0.05) is 42.5 Å². The van der Waals surface area contributed by atoms with Crippen molar-refractivity contribution in [3.8, 4) is 0 Å². The summed E-state index contributed by atoms with van der Waals surface area (Å²) < 4.78 is 82.7. The number of fused-ring (bicyclic) bond motifs is 1. The Balaban J connectivity index is 1.47. The van der Waals surface area contributed by atoms with Crippen LogP contribution >= 0.6 is 0 Å². The highest BCUT2D eigenvalue weighted by Crippen LogP contribution is 2.36. The van der Waals surface area contributed by atoms with Gasteiger partial charge in [0.1, 0.15) is 5.82 Å². The van der Waals surface area contributed by atoms with E-state index in [0.717, 1.165) is 45.4 Å². The quantitative estimate of drug-likeness (QED) is 0.273. The third-order valence-electron chi connectivity index (χ3n) is 6.75. The van der Waals surface area contributed by atoms with Gasteiger partial charge in [-0.05, 0) is 60.9 Å². The first-order valence-corrected chi connectivity index (χ1v) is 13.2. The summed E-state index contributed by atoms with van der Waals surface area (Å²) in [6, 6.07) is 18.2. The maximum Gasteiger partial charge on any atom is 0.416 e. The van der Waals surface area contributed by atoms with Crippen LogP contribution in [-0.4, -0.2) is 30.4 Å². The molecule has 4 aromatic rings. The summed E-state index contributed by atoms with van der Waals surface area (Å²) in [5.41, 5.74) is 3.77. The molecule has 5 rings (SSSR count). The first-order chi connectivity index (χ1) is 17.6. The lowest BCUT2D eigenvalue weighted by Crippen LogP contribution is -2.34. The first-order valence-electron chi connectivity index (χ1n) is 11.7. The summed E-state index contributed by atoms with van der Waals surface area (Å²) in [7, 11) is -4.09. The van der Waals surface area contributed by atoms with Crippen molar-refractivity contribution >= 4 is 26.5 Å². The molecule has 192 valence electrons. The van der Waals surface area contributed by atoms with Crippen LogP contribution in [0.1, 0.15) is 28.8 Å². The Labute approximate surface area is 212 Å². The molecule has 0 amide bonds. The van der Waals surface area contributed by atoms with E-state index in [9.17, 15) is 26.0 Å². The Morgan fingerprint density at radius 3 is 2.41 bits per heavy atom. The van der Waals surface area contributed by atoms with Gasteiger partial charge in [-0.25, -0.2) is 12.8 Å². The molecule has 0 aliphatic carbocycles. The van der Waals surface area contributed by atoms with Gasteiger partial charge in [0, 0.05) is 41.8 Å². The fraction of sp³-hybridized carbons (Fsp3) is 0.214. The number of sulfonamides is 1. The van der Waals surface area contributed by atoms with Crippen molar-refractivity contribution in [1.29, 1.82) is 0 Å². The van der Waals surface area contributed by atoms with Gasteiger partial charge in [0.25, 0.3) is 0 Å². The van der Waals surface area contributed by atoms with E-state index < -0.39 is 21.8 Å². The number of nitrogens with zero attached hydrogens (tertiary/aromatic N) is 2. The smallest absolute Gasteiger partial charge is 0.340 e. The van der Waals surface area contributed by atoms with Gasteiger partial charge in [-0.15, -0.1) is 0 Å². The molecule has 2 heterocycles. The van der Waals surface area contributed by atoms with E-state index in [2.05, 4.69) is 4.57 Å². The highest BCUT2D eigenvalue weighted by atomic mass is 32.2. The van der Waals surface area contributed by atoms with Crippen molar-refractivity contribution in [2.24, 2.45) is 0 Å². The lowest BCUT2D eigenvalue weighted by atomic mass is 9.97.